The molecule has 0 saturated heterocycles. The maximum Gasteiger partial charge on any atom is 0.276 e. The van der Waals surface area contributed by atoms with E-state index in [1.54, 1.807) is 23.5 Å². The van der Waals surface area contributed by atoms with Gasteiger partial charge in [-0.25, -0.2) is 12.7 Å². The number of aryl methyl sites for hydroxylation is 1. The first-order valence-electron chi connectivity index (χ1n) is 9.68. The Bertz CT molecular complexity index is 1230. The molecular formula is C20H19N3O4S3. The molecule has 5 rings (SSSR count). The molecule has 1 atom stereocenters. The number of carbonyl (C=O) groups is 1. The van der Waals surface area contributed by atoms with Crippen molar-refractivity contribution >= 4 is 39.0 Å². The number of nitrogens with zero attached hydrogens (tertiary/aromatic N) is 3. The van der Waals surface area contributed by atoms with Crippen LogP contribution in [-0.2, 0) is 22.9 Å². The van der Waals surface area contributed by atoms with Crippen molar-refractivity contribution in [1.29, 1.82) is 0 Å². The minimum absolute atomic E-state index is 0.0451. The summed E-state index contributed by atoms with van der Waals surface area (Å²) in [6.07, 6.45) is 3.39. The molecule has 3 heterocycles. The monoisotopic (exact) mass is 461 g/mol. The number of sulfonamides is 1. The van der Waals surface area contributed by atoms with Gasteiger partial charge in [0.15, 0.2) is 0 Å². The summed E-state index contributed by atoms with van der Waals surface area (Å²) < 4.78 is 31.9. The molecule has 7 nitrogen and oxygen atoms in total. The topological polar surface area (TPSA) is 93.4 Å². The van der Waals surface area contributed by atoms with Crippen LogP contribution in [0, 0.1) is 5.92 Å². The summed E-state index contributed by atoms with van der Waals surface area (Å²) in [7, 11) is -3.79. The van der Waals surface area contributed by atoms with E-state index in [0.717, 1.165) is 22.0 Å². The van der Waals surface area contributed by atoms with E-state index in [-0.39, 0.29) is 17.0 Å². The van der Waals surface area contributed by atoms with Gasteiger partial charge in [-0.05, 0) is 48.9 Å². The number of benzene rings is 1. The molecule has 0 spiro atoms. The average molecular weight is 462 g/mol. The van der Waals surface area contributed by atoms with E-state index < -0.39 is 15.9 Å². The third-order valence-corrected chi connectivity index (χ3v) is 9.24. The number of fused-ring (bicyclic) bond motifs is 2. The van der Waals surface area contributed by atoms with E-state index in [1.165, 1.54) is 40.8 Å². The Labute approximate surface area is 182 Å². The SMILES string of the molecule is C[C@H]1CCc2sc(-c3nnc(SCCN4C(=O)c5ccccc5S4(=O)=O)o3)cc2C1. The summed E-state index contributed by atoms with van der Waals surface area (Å²) in [6.45, 7) is 2.31. The number of hydrogen-bond acceptors (Lipinski definition) is 8. The fourth-order valence-corrected chi connectivity index (χ4v) is 7.35. The lowest BCUT2D eigenvalue weighted by Gasteiger charge is -2.16. The minimum atomic E-state index is -3.79. The van der Waals surface area contributed by atoms with Crippen LogP contribution < -0.4 is 0 Å². The highest BCUT2D eigenvalue weighted by Crippen LogP contribution is 2.37. The molecule has 1 aliphatic heterocycles. The second-order valence-electron chi connectivity index (χ2n) is 7.51. The fourth-order valence-electron chi connectivity index (χ4n) is 3.85. The van der Waals surface area contributed by atoms with Crippen LogP contribution in [-0.4, -0.2) is 41.1 Å². The maximum absolute atomic E-state index is 12.6. The van der Waals surface area contributed by atoms with Gasteiger partial charge in [0.1, 0.15) is 4.90 Å². The van der Waals surface area contributed by atoms with Gasteiger partial charge in [0, 0.05) is 17.2 Å². The van der Waals surface area contributed by atoms with Crippen molar-refractivity contribution in [3.63, 3.8) is 0 Å². The summed E-state index contributed by atoms with van der Waals surface area (Å²) in [5.41, 5.74) is 1.59. The molecule has 0 radical (unpaired) electrons. The van der Waals surface area contributed by atoms with E-state index in [0.29, 0.717) is 22.8 Å². The third kappa shape index (κ3) is 3.36. The van der Waals surface area contributed by atoms with Gasteiger partial charge in [0.05, 0.1) is 10.4 Å². The zero-order valence-electron chi connectivity index (χ0n) is 16.2. The normalized spacial score (nSPS) is 19.7. The fraction of sp³-hybridized carbons (Fsp3) is 0.350. The summed E-state index contributed by atoms with van der Waals surface area (Å²) >= 11 is 2.95. The molecule has 2 aliphatic rings. The summed E-state index contributed by atoms with van der Waals surface area (Å²) in [6, 6.07) is 8.41. The van der Waals surface area contributed by atoms with Gasteiger partial charge in [-0.15, -0.1) is 21.5 Å². The van der Waals surface area contributed by atoms with Gasteiger partial charge in [-0.2, -0.15) is 0 Å². The van der Waals surface area contributed by atoms with Crippen molar-refractivity contribution in [2.45, 2.75) is 36.3 Å². The number of thioether (sulfide) groups is 1. The Morgan fingerprint density at radius 3 is 2.97 bits per heavy atom. The van der Waals surface area contributed by atoms with Gasteiger partial charge in [-0.3, -0.25) is 4.79 Å². The quantitative estimate of drug-likeness (QED) is 0.533. The van der Waals surface area contributed by atoms with Crippen molar-refractivity contribution < 1.29 is 17.6 Å². The second kappa shape index (κ2) is 7.51. The van der Waals surface area contributed by atoms with E-state index in [9.17, 15) is 13.2 Å². The van der Waals surface area contributed by atoms with Gasteiger partial charge >= 0.3 is 0 Å². The van der Waals surface area contributed by atoms with Crippen molar-refractivity contribution in [2.24, 2.45) is 5.92 Å². The molecule has 1 aliphatic carbocycles. The van der Waals surface area contributed by atoms with Crippen molar-refractivity contribution in [3.05, 3.63) is 46.3 Å². The first-order valence-corrected chi connectivity index (χ1v) is 12.9. The number of amides is 1. The second-order valence-corrected chi connectivity index (χ2v) is 11.5. The Morgan fingerprint density at radius 2 is 2.13 bits per heavy atom. The Hall–Kier alpha value is -2.17. The smallest absolute Gasteiger partial charge is 0.276 e. The largest absolute Gasteiger partial charge is 0.410 e. The summed E-state index contributed by atoms with van der Waals surface area (Å²) in [5, 5.41) is 8.59. The summed E-state index contributed by atoms with van der Waals surface area (Å²) in [4.78, 5) is 14.9. The van der Waals surface area contributed by atoms with Crippen LogP contribution in [0.25, 0.3) is 10.8 Å². The van der Waals surface area contributed by atoms with Crippen molar-refractivity contribution in [3.8, 4) is 10.8 Å². The number of carbonyl (C=O) groups excluding carboxylic acids is 1. The Morgan fingerprint density at radius 1 is 1.30 bits per heavy atom. The molecule has 3 aromatic rings. The predicted octanol–water partition coefficient (Wildman–Crippen LogP) is 3.86. The molecule has 156 valence electrons. The zero-order valence-corrected chi connectivity index (χ0v) is 18.6. The third-order valence-electron chi connectivity index (χ3n) is 5.38. The molecule has 0 saturated carbocycles. The van der Waals surface area contributed by atoms with Crippen molar-refractivity contribution in [1.82, 2.24) is 14.5 Å². The van der Waals surface area contributed by atoms with Crippen molar-refractivity contribution in [2.75, 3.05) is 12.3 Å². The Kier molecular flexibility index (Phi) is 4.95. The Balaban J connectivity index is 1.25. The lowest BCUT2D eigenvalue weighted by molar-refractivity contribution is 0.0876. The standard InChI is InChI=1S/C20H19N3O4S3/c1-12-6-7-15-13(10-12)11-16(29-15)18-21-22-20(27-18)28-9-8-23-19(24)14-4-2-3-5-17(14)30(23,25)26/h2-5,11-12H,6-10H2,1H3/t12-/m0/s1. The molecule has 0 unspecified atom stereocenters. The lowest BCUT2D eigenvalue weighted by atomic mass is 9.90. The van der Waals surface area contributed by atoms with Gasteiger partial charge < -0.3 is 4.42 Å². The lowest BCUT2D eigenvalue weighted by Crippen LogP contribution is -2.32. The van der Waals surface area contributed by atoms with Crippen LogP contribution in [0.5, 0.6) is 0 Å². The molecule has 30 heavy (non-hydrogen) atoms. The summed E-state index contributed by atoms with van der Waals surface area (Å²) in [5.74, 6) is 1.03. The molecule has 0 N–H and O–H groups in total. The molecular weight excluding hydrogens is 442 g/mol. The van der Waals surface area contributed by atoms with Crippen LogP contribution in [0.15, 0.2) is 44.9 Å². The number of rotatable bonds is 5. The zero-order chi connectivity index (χ0) is 20.9. The predicted molar refractivity (Wildman–Crippen MR) is 114 cm³/mol. The molecule has 0 bridgehead atoms. The highest BCUT2D eigenvalue weighted by atomic mass is 32.2. The first kappa shape index (κ1) is 19.8. The van der Waals surface area contributed by atoms with Gasteiger partial charge in [0.25, 0.3) is 27.0 Å². The van der Waals surface area contributed by atoms with Crippen LogP contribution in [0.2, 0.25) is 0 Å². The first-order chi connectivity index (χ1) is 14.4. The van der Waals surface area contributed by atoms with Crippen LogP contribution >= 0.6 is 23.1 Å². The highest BCUT2D eigenvalue weighted by Gasteiger charge is 2.40. The van der Waals surface area contributed by atoms with Gasteiger partial charge in [0.2, 0.25) is 0 Å². The highest BCUT2D eigenvalue weighted by molar-refractivity contribution is 7.99. The molecule has 1 amide bonds. The molecule has 10 heteroatoms. The van der Waals surface area contributed by atoms with Crippen LogP contribution in [0.1, 0.15) is 34.1 Å². The van der Waals surface area contributed by atoms with E-state index >= 15 is 0 Å². The molecule has 1 aromatic carbocycles. The molecule has 2 aromatic heterocycles. The number of aromatic nitrogens is 2. The van der Waals surface area contributed by atoms with Crippen LogP contribution in [0.4, 0.5) is 0 Å². The average Bonchev–Trinajstić information content (AvgIpc) is 3.40. The van der Waals surface area contributed by atoms with E-state index in [2.05, 4.69) is 23.2 Å². The van der Waals surface area contributed by atoms with E-state index in [4.69, 9.17) is 4.42 Å². The molecule has 0 fully saturated rings. The minimum Gasteiger partial charge on any atom is -0.410 e. The van der Waals surface area contributed by atoms with E-state index in [1.807, 2.05) is 0 Å². The number of hydrogen-bond donors (Lipinski definition) is 0. The number of thiophene rings is 1. The van der Waals surface area contributed by atoms with Crippen LogP contribution in [0.3, 0.4) is 0 Å². The van der Waals surface area contributed by atoms with Gasteiger partial charge in [-0.1, -0.05) is 30.8 Å². The maximum atomic E-state index is 12.6.